The van der Waals surface area contributed by atoms with Crippen LogP contribution in [0.25, 0.3) is 0 Å². The predicted molar refractivity (Wildman–Crippen MR) is 108 cm³/mol. The van der Waals surface area contributed by atoms with Crippen LogP contribution >= 0.6 is 11.6 Å². The Bertz CT molecular complexity index is 1160. The first-order valence-corrected chi connectivity index (χ1v) is 9.28. The molecular weight excluding hydrogens is 354 g/mol. The van der Waals surface area contributed by atoms with E-state index in [1.807, 2.05) is 71.6 Å². The Balaban J connectivity index is 1.72. The van der Waals surface area contributed by atoms with Gasteiger partial charge in [-0.05, 0) is 48.4 Å². The molecule has 27 heavy (non-hydrogen) atoms. The van der Waals surface area contributed by atoms with Crippen molar-refractivity contribution in [3.8, 4) is 11.8 Å². The average molecular weight is 370 g/mol. The van der Waals surface area contributed by atoms with Crippen molar-refractivity contribution in [3.63, 3.8) is 0 Å². The second-order valence-electron chi connectivity index (χ2n) is 7.11. The minimum absolute atomic E-state index is 0.0487. The van der Waals surface area contributed by atoms with Crippen molar-refractivity contribution in [2.75, 3.05) is 4.90 Å². The van der Waals surface area contributed by atoms with Gasteiger partial charge in [0.2, 0.25) is 0 Å². The molecule has 2 nitrogen and oxygen atoms in total. The van der Waals surface area contributed by atoms with Gasteiger partial charge in [0, 0.05) is 21.8 Å². The minimum atomic E-state index is -0.511. The first-order valence-electron chi connectivity index (χ1n) is 8.91. The smallest absolute Gasteiger partial charge is 0.259 e. The quantitative estimate of drug-likeness (QED) is 0.488. The third-order valence-corrected chi connectivity index (χ3v) is 5.84. The summed E-state index contributed by atoms with van der Waals surface area (Å²) in [5.41, 5.74) is 4.22. The van der Waals surface area contributed by atoms with E-state index in [-0.39, 0.29) is 11.8 Å². The largest absolute Gasteiger partial charge is 0.296 e. The number of carbonyl (C=O) groups is 1. The van der Waals surface area contributed by atoms with Crippen molar-refractivity contribution in [2.24, 2.45) is 0 Å². The standard InChI is InChI=1S/C24H16ClNO/c1-24-20-11-4-2-10-19(20)23(27)26(24)22-12-5-3-9-18(22)21(24)14-13-16-7-6-8-17(25)15-16/h2-12,15,21H,1H3/t21-,24-/m1/s1. The van der Waals surface area contributed by atoms with Gasteiger partial charge in [-0.2, -0.15) is 0 Å². The Hall–Kier alpha value is -3.02. The van der Waals surface area contributed by atoms with Crippen LogP contribution in [0.2, 0.25) is 5.02 Å². The molecule has 0 bridgehead atoms. The van der Waals surface area contributed by atoms with Crippen molar-refractivity contribution in [1.29, 1.82) is 0 Å². The molecule has 0 spiro atoms. The molecular formula is C24H16ClNO. The zero-order valence-electron chi connectivity index (χ0n) is 14.7. The second kappa shape index (κ2) is 5.74. The van der Waals surface area contributed by atoms with E-state index in [4.69, 9.17) is 11.6 Å². The Morgan fingerprint density at radius 3 is 2.63 bits per heavy atom. The highest BCUT2D eigenvalue weighted by molar-refractivity contribution is 6.30. The number of para-hydroxylation sites is 1. The van der Waals surface area contributed by atoms with Gasteiger partial charge in [-0.1, -0.05) is 65.9 Å². The number of carbonyl (C=O) groups excluding carboxylic acids is 1. The molecule has 0 saturated carbocycles. The Morgan fingerprint density at radius 2 is 1.78 bits per heavy atom. The van der Waals surface area contributed by atoms with E-state index in [1.165, 1.54) is 0 Å². The molecule has 130 valence electrons. The van der Waals surface area contributed by atoms with E-state index < -0.39 is 5.54 Å². The zero-order chi connectivity index (χ0) is 18.6. The van der Waals surface area contributed by atoms with Crippen LogP contribution in [0.4, 0.5) is 5.69 Å². The van der Waals surface area contributed by atoms with Crippen LogP contribution in [0.1, 0.15) is 39.9 Å². The molecule has 0 aliphatic carbocycles. The Kier molecular flexibility index (Phi) is 3.44. The lowest BCUT2D eigenvalue weighted by Gasteiger charge is -2.32. The van der Waals surface area contributed by atoms with Crippen LogP contribution in [-0.2, 0) is 5.54 Å². The summed E-state index contributed by atoms with van der Waals surface area (Å²) in [4.78, 5) is 15.1. The van der Waals surface area contributed by atoms with E-state index in [1.54, 1.807) is 0 Å². The minimum Gasteiger partial charge on any atom is -0.296 e. The fraction of sp³-hybridized carbons (Fsp3) is 0.125. The number of rotatable bonds is 0. The van der Waals surface area contributed by atoms with Gasteiger partial charge >= 0.3 is 0 Å². The summed E-state index contributed by atoms with van der Waals surface area (Å²) in [6, 6.07) is 23.5. The van der Waals surface area contributed by atoms with Crippen LogP contribution in [0, 0.1) is 11.8 Å². The molecule has 0 saturated heterocycles. The summed E-state index contributed by atoms with van der Waals surface area (Å²) >= 11 is 6.10. The predicted octanol–water partition coefficient (Wildman–Crippen LogP) is 5.36. The maximum atomic E-state index is 13.2. The Morgan fingerprint density at radius 1 is 1.00 bits per heavy atom. The van der Waals surface area contributed by atoms with E-state index in [9.17, 15) is 4.79 Å². The molecule has 3 aromatic rings. The number of anilines is 1. The number of amides is 1. The van der Waals surface area contributed by atoms with Crippen LogP contribution in [-0.4, -0.2) is 5.91 Å². The number of nitrogens with zero attached hydrogens (tertiary/aromatic N) is 1. The molecule has 5 rings (SSSR count). The second-order valence-corrected chi connectivity index (χ2v) is 7.54. The lowest BCUT2D eigenvalue weighted by Crippen LogP contribution is -2.40. The number of hydrogen-bond acceptors (Lipinski definition) is 1. The zero-order valence-corrected chi connectivity index (χ0v) is 15.5. The van der Waals surface area contributed by atoms with Gasteiger partial charge in [0.25, 0.3) is 5.91 Å². The lowest BCUT2D eigenvalue weighted by atomic mass is 9.79. The highest BCUT2D eigenvalue weighted by Gasteiger charge is 2.57. The molecule has 2 aliphatic heterocycles. The topological polar surface area (TPSA) is 20.3 Å². The molecule has 2 aliphatic rings. The van der Waals surface area contributed by atoms with Crippen molar-refractivity contribution in [1.82, 2.24) is 0 Å². The van der Waals surface area contributed by atoms with Crippen LogP contribution in [0.3, 0.4) is 0 Å². The van der Waals surface area contributed by atoms with Gasteiger partial charge < -0.3 is 0 Å². The molecule has 0 fully saturated rings. The molecule has 2 heterocycles. The molecule has 0 N–H and O–H groups in total. The summed E-state index contributed by atoms with van der Waals surface area (Å²) in [7, 11) is 0. The SMILES string of the molecule is C[C@]12c3ccccc3C(=O)N1c1ccccc1[C@H]2C#Cc1cccc(Cl)c1. The van der Waals surface area contributed by atoms with Gasteiger partial charge in [0.15, 0.2) is 0 Å². The maximum Gasteiger partial charge on any atom is 0.259 e. The van der Waals surface area contributed by atoms with Gasteiger partial charge in [0.05, 0.1) is 11.5 Å². The van der Waals surface area contributed by atoms with Crippen molar-refractivity contribution in [3.05, 3.63) is 100 Å². The Labute approximate surface area is 163 Å². The average Bonchev–Trinajstić information content (AvgIpc) is 3.07. The summed E-state index contributed by atoms with van der Waals surface area (Å²) in [6.07, 6.45) is 0. The highest BCUT2D eigenvalue weighted by atomic mass is 35.5. The fourth-order valence-corrected chi connectivity index (χ4v) is 4.58. The van der Waals surface area contributed by atoms with Crippen molar-refractivity contribution < 1.29 is 4.79 Å². The van der Waals surface area contributed by atoms with Crippen LogP contribution in [0.5, 0.6) is 0 Å². The van der Waals surface area contributed by atoms with Crippen LogP contribution < -0.4 is 4.90 Å². The molecule has 3 aromatic carbocycles. The third-order valence-electron chi connectivity index (χ3n) is 5.61. The van der Waals surface area contributed by atoms with Gasteiger partial charge in [-0.25, -0.2) is 0 Å². The number of halogens is 1. The van der Waals surface area contributed by atoms with Crippen LogP contribution in [0.15, 0.2) is 72.8 Å². The maximum absolute atomic E-state index is 13.2. The summed E-state index contributed by atoms with van der Waals surface area (Å²) in [5.74, 6) is 6.67. The highest BCUT2D eigenvalue weighted by Crippen LogP contribution is 2.57. The first-order chi connectivity index (χ1) is 13.1. The first kappa shape index (κ1) is 16.2. The summed E-state index contributed by atoms with van der Waals surface area (Å²) in [6.45, 7) is 2.12. The third kappa shape index (κ3) is 2.19. The van der Waals surface area contributed by atoms with E-state index in [2.05, 4.69) is 24.8 Å². The van der Waals surface area contributed by atoms with Crippen molar-refractivity contribution >= 4 is 23.2 Å². The van der Waals surface area contributed by atoms with Gasteiger partial charge in [0.1, 0.15) is 0 Å². The summed E-state index contributed by atoms with van der Waals surface area (Å²) in [5, 5.41) is 0.669. The normalized spacial score (nSPS) is 21.9. The molecule has 0 radical (unpaired) electrons. The van der Waals surface area contributed by atoms with E-state index >= 15 is 0 Å². The number of benzene rings is 3. The number of fused-ring (bicyclic) bond motifs is 5. The van der Waals surface area contributed by atoms with Crippen molar-refractivity contribution in [2.45, 2.75) is 18.4 Å². The molecule has 1 amide bonds. The molecule has 0 unspecified atom stereocenters. The fourth-order valence-electron chi connectivity index (χ4n) is 4.39. The van der Waals surface area contributed by atoms with Gasteiger partial charge in [-0.15, -0.1) is 0 Å². The summed E-state index contributed by atoms with van der Waals surface area (Å²) < 4.78 is 0. The number of hydrogen-bond donors (Lipinski definition) is 0. The molecule has 0 aromatic heterocycles. The lowest BCUT2D eigenvalue weighted by molar-refractivity contribution is 0.0982. The van der Waals surface area contributed by atoms with E-state index in [0.717, 1.165) is 27.9 Å². The molecule has 3 heteroatoms. The molecule has 2 atom stereocenters. The van der Waals surface area contributed by atoms with Gasteiger partial charge in [-0.3, -0.25) is 9.69 Å². The van der Waals surface area contributed by atoms with E-state index in [0.29, 0.717) is 5.02 Å². The monoisotopic (exact) mass is 369 g/mol.